The first-order valence-corrected chi connectivity index (χ1v) is 8.84. The van der Waals surface area contributed by atoms with Gasteiger partial charge >= 0.3 is 11.9 Å². The SMILES string of the molecule is COc1cccc([C@@]2(O)CCCC[C@@H]2CN(C)C)c1.O=C(O)/C=C\C(=O)O. The standard InChI is InChI=1S/C16H25NO2.C4H4O4/c1-17(2)12-14-7-4-5-10-16(14,18)13-8-6-9-15(11-13)19-3;5-3(6)1-2-4(7)8/h6,8-9,11,14,18H,4-5,7,10,12H2,1-3H3;1-2H,(H,5,6)(H,7,8)/b;2-1-/t14-,16+;/m1./s1. The predicted octanol–water partition coefficient (Wildman–Crippen LogP) is 2.35. The minimum atomic E-state index is -1.26. The van der Waals surface area contributed by atoms with Gasteiger partial charge in [-0.15, -0.1) is 0 Å². The zero-order chi connectivity index (χ0) is 20.4. The van der Waals surface area contributed by atoms with Crippen LogP contribution in [0.1, 0.15) is 31.2 Å². The number of nitrogens with zero attached hydrogens (tertiary/aromatic N) is 1. The number of hydrogen-bond acceptors (Lipinski definition) is 5. The Balaban J connectivity index is 0.000000387. The van der Waals surface area contributed by atoms with Crippen molar-refractivity contribution in [1.82, 2.24) is 4.90 Å². The van der Waals surface area contributed by atoms with E-state index in [0.29, 0.717) is 18.1 Å². The molecule has 1 fully saturated rings. The minimum Gasteiger partial charge on any atom is -0.497 e. The average molecular weight is 379 g/mol. The van der Waals surface area contributed by atoms with Crippen LogP contribution >= 0.6 is 0 Å². The summed E-state index contributed by atoms with van der Waals surface area (Å²) in [6, 6.07) is 7.90. The monoisotopic (exact) mass is 379 g/mol. The lowest BCUT2D eigenvalue weighted by atomic mass is 9.71. The summed E-state index contributed by atoms with van der Waals surface area (Å²) in [5.74, 6) is -1.40. The summed E-state index contributed by atoms with van der Waals surface area (Å²) < 4.78 is 5.29. The molecule has 7 heteroatoms. The second-order valence-corrected chi connectivity index (χ2v) is 6.87. The van der Waals surface area contributed by atoms with E-state index in [0.717, 1.165) is 37.1 Å². The highest BCUT2D eigenvalue weighted by molar-refractivity contribution is 5.89. The maximum absolute atomic E-state index is 11.2. The zero-order valence-electron chi connectivity index (χ0n) is 16.1. The molecule has 3 N–H and O–H groups in total. The van der Waals surface area contributed by atoms with Gasteiger partial charge in [0.2, 0.25) is 0 Å². The molecule has 0 radical (unpaired) electrons. The van der Waals surface area contributed by atoms with Crippen molar-refractivity contribution in [3.63, 3.8) is 0 Å². The van der Waals surface area contributed by atoms with E-state index >= 15 is 0 Å². The molecule has 0 bridgehead atoms. The molecule has 0 saturated heterocycles. The van der Waals surface area contributed by atoms with E-state index in [1.54, 1.807) is 7.11 Å². The number of ether oxygens (including phenoxy) is 1. The van der Waals surface area contributed by atoms with E-state index in [9.17, 15) is 14.7 Å². The number of carbonyl (C=O) groups is 2. The average Bonchev–Trinajstić information content (AvgIpc) is 2.62. The van der Waals surface area contributed by atoms with Gasteiger partial charge < -0.3 is 25.0 Å². The largest absolute Gasteiger partial charge is 0.497 e. The Morgan fingerprint density at radius 1 is 1.22 bits per heavy atom. The van der Waals surface area contributed by atoms with Crippen molar-refractivity contribution in [2.24, 2.45) is 5.92 Å². The van der Waals surface area contributed by atoms with E-state index in [-0.39, 0.29) is 0 Å². The molecule has 1 aromatic rings. The van der Waals surface area contributed by atoms with Crippen molar-refractivity contribution in [3.05, 3.63) is 42.0 Å². The smallest absolute Gasteiger partial charge is 0.328 e. The van der Waals surface area contributed by atoms with Crippen LogP contribution in [0, 0.1) is 5.92 Å². The fraction of sp³-hybridized carbons (Fsp3) is 0.500. The molecule has 0 heterocycles. The molecule has 0 aliphatic heterocycles. The number of hydrogen-bond donors (Lipinski definition) is 3. The summed E-state index contributed by atoms with van der Waals surface area (Å²) in [5.41, 5.74) is 0.287. The maximum atomic E-state index is 11.2. The molecular weight excluding hydrogens is 350 g/mol. The van der Waals surface area contributed by atoms with E-state index in [1.165, 1.54) is 6.42 Å². The molecule has 1 aromatic carbocycles. The number of benzene rings is 1. The third kappa shape index (κ3) is 7.40. The van der Waals surface area contributed by atoms with Crippen molar-refractivity contribution in [1.29, 1.82) is 0 Å². The molecule has 7 nitrogen and oxygen atoms in total. The van der Waals surface area contributed by atoms with E-state index in [4.69, 9.17) is 14.9 Å². The molecule has 2 atom stereocenters. The van der Waals surface area contributed by atoms with Gasteiger partial charge in [0.1, 0.15) is 5.75 Å². The van der Waals surface area contributed by atoms with Crippen LogP contribution in [0.5, 0.6) is 5.75 Å². The molecule has 1 aliphatic rings. The van der Waals surface area contributed by atoms with Crippen LogP contribution in [0.2, 0.25) is 0 Å². The van der Waals surface area contributed by atoms with Crippen molar-refractivity contribution < 1.29 is 29.6 Å². The topological polar surface area (TPSA) is 107 Å². The van der Waals surface area contributed by atoms with Gasteiger partial charge in [-0.05, 0) is 44.6 Å². The zero-order valence-corrected chi connectivity index (χ0v) is 16.1. The van der Waals surface area contributed by atoms with E-state index in [1.807, 2.05) is 24.3 Å². The normalized spacial score (nSPS) is 22.2. The molecule has 0 spiro atoms. The van der Waals surface area contributed by atoms with Gasteiger partial charge in [-0.3, -0.25) is 0 Å². The Morgan fingerprint density at radius 2 is 1.85 bits per heavy atom. The Kier molecular flexibility index (Phi) is 8.97. The van der Waals surface area contributed by atoms with Crippen LogP contribution in [-0.2, 0) is 15.2 Å². The van der Waals surface area contributed by atoms with Crippen LogP contribution in [-0.4, -0.2) is 59.9 Å². The van der Waals surface area contributed by atoms with Crippen molar-refractivity contribution in [3.8, 4) is 5.75 Å². The molecule has 0 aromatic heterocycles. The maximum Gasteiger partial charge on any atom is 0.328 e. The van der Waals surface area contributed by atoms with Gasteiger partial charge in [0.25, 0.3) is 0 Å². The number of methoxy groups -OCH3 is 1. The lowest BCUT2D eigenvalue weighted by Crippen LogP contribution is -2.43. The number of aliphatic hydroxyl groups is 1. The highest BCUT2D eigenvalue weighted by Gasteiger charge is 2.40. The molecule has 1 saturated carbocycles. The number of aliphatic carboxylic acids is 2. The summed E-state index contributed by atoms with van der Waals surface area (Å²) in [4.78, 5) is 21.3. The predicted molar refractivity (Wildman–Crippen MR) is 102 cm³/mol. The van der Waals surface area contributed by atoms with Crippen molar-refractivity contribution in [2.45, 2.75) is 31.3 Å². The molecular formula is C20H29NO6. The van der Waals surface area contributed by atoms with Gasteiger partial charge in [-0.1, -0.05) is 25.0 Å². The number of carboxylic acids is 2. The lowest BCUT2D eigenvalue weighted by molar-refractivity contribution is -0.134. The van der Waals surface area contributed by atoms with Gasteiger partial charge in [0.05, 0.1) is 12.7 Å². The van der Waals surface area contributed by atoms with Gasteiger partial charge in [-0.25, -0.2) is 9.59 Å². The Hall–Kier alpha value is -2.38. The summed E-state index contributed by atoms with van der Waals surface area (Å²) >= 11 is 0. The third-order valence-electron chi connectivity index (χ3n) is 4.56. The molecule has 0 amide bonds. The van der Waals surface area contributed by atoms with E-state index < -0.39 is 17.5 Å². The van der Waals surface area contributed by atoms with Crippen LogP contribution in [0.15, 0.2) is 36.4 Å². The fourth-order valence-electron chi connectivity index (χ4n) is 3.33. The van der Waals surface area contributed by atoms with Crippen molar-refractivity contribution in [2.75, 3.05) is 27.7 Å². The van der Waals surface area contributed by atoms with E-state index in [2.05, 4.69) is 19.0 Å². The third-order valence-corrected chi connectivity index (χ3v) is 4.56. The van der Waals surface area contributed by atoms with Gasteiger partial charge in [-0.2, -0.15) is 0 Å². The molecule has 27 heavy (non-hydrogen) atoms. The second kappa shape index (κ2) is 10.7. The first-order valence-electron chi connectivity index (χ1n) is 8.84. The summed E-state index contributed by atoms with van der Waals surface area (Å²) in [5, 5.41) is 26.8. The van der Waals surface area contributed by atoms with Crippen LogP contribution in [0.3, 0.4) is 0 Å². The molecule has 0 unspecified atom stereocenters. The molecule has 2 rings (SSSR count). The fourth-order valence-corrected chi connectivity index (χ4v) is 3.33. The highest BCUT2D eigenvalue weighted by Crippen LogP contribution is 2.42. The van der Waals surface area contributed by atoms with Crippen LogP contribution in [0.4, 0.5) is 0 Å². The van der Waals surface area contributed by atoms with Gasteiger partial charge in [0.15, 0.2) is 0 Å². The van der Waals surface area contributed by atoms with Crippen LogP contribution < -0.4 is 4.74 Å². The number of rotatable bonds is 6. The Morgan fingerprint density at radius 3 is 2.37 bits per heavy atom. The molecule has 1 aliphatic carbocycles. The van der Waals surface area contributed by atoms with Crippen LogP contribution in [0.25, 0.3) is 0 Å². The lowest BCUT2D eigenvalue weighted by Gasteiger charge is -2.41. The summed E-state index contributed by atoms with van der Waals surface area (Å²) in [6.45, 7) is 0.924. The minimum absolute atomic E-state index is 0.295. The highest BCUT2D eigenvalue weighted by atomic mass is 16.5. The van der Waals surface area contributed by atoms with Gasteiger partial charge in [0, 0.05) is 24.6 Å². The Labute approximate surface area is 159 Å². The Bertz CT molecular complexity index is 642. The summed E-state index contributed by atoms with van der Waals surface area (Å²) in [7, 11) is 5.81. The second-order valence-electron chi connectivity index (χ2n) is 6.87. The first kappa shape index (κ1) is 22.7. The molecule has 150 valence electrons. The number of carboxylic acid groups (broad SMARTS) is 2. The van der Waals surface area contributed by atoms with Crippen molar-refractivity contribution >= 4 is 11.9 Å². The first-order chi connectivity index (χ1) is 12.7. The quantitative estimate of drug-likeness (QED) is 0.651. The summed E-state index contributed by atoms with van der Waals surface area (Å²) in [6.07, 6.45) is 5.36.